The van der Waals surface area contributed by atoms with E-state index >= 15 is 0 Å². The van der Waals surface area contributed by atoms with Crippen LogP contribution in [0.1, 0.15) is 12.5 Å². The number of carbonyl (C=O) groups is 1. The van der Waals surface area contributed by atoms with E-state index < -0.39 is 10.0 Å². The molecule has 1 aliphatic rings. The lowest BCUT2D eigenvalue weighted by molar-refractivity contribution is -0.131. The Morgan fingerprint density at radius 3 is 2.36 bits per heavy atom. The summed E-state index contributed by atoms with van der Waals surface area (Å²) in [6, 6.07) is 12.3. The molecule has 2 aromatic rings. The number of hydrogen-bond donors (Lipinski definition) is 0. The molecule has 1 amide bonds. The van der Waals surface area contributed by atoms with Gasteiger partial charge in [0.15, 0.2) is 0 Å². The second kappa shape index (κ2) is 8.70. The normalized spacial score (nSPS) is 15.4. The number of rotatable bonds is 6. The molecule has 1 heterocycles. The molecule has 0 unspecified atom stereocenters. The summed E-state index contributed by atoms with van der Waals surface area (Å²) in [4.78, 5) is 14.3. The molecular formula is C20H23FN2O4S. The van der Waals surface area contributed by atoms with Crippen molar-refractivity contribution in [2.75, 3.05) is 32.8 Å². The lowest BCUT2D eigenvalue weighted by Crippen LogP contribution is -2.50. The van der Waals surface area contributed by atoms with Crippen LogP contribution in [0.5, 0.6) is 5.75 Å². The first-order chi connectivity index (χ1) is 13.4. The van der Waals surface area contributed by atoms with Gasteiger partial charge in [-0.15, -0.1) is 0 Å². The molecule has 0 N–H and O–H groups in total. The van der Waals surface area contributed by atoms with Crippen LogP contribution in [-0.4, -0.2) is 56.3 Å². The summed E-state index contributed by atoms with van der Waals surface area (Å²) >= 11 is 0. The highest BCUT2D eigenvalue weighted by atomic mass is 32.2. The topological polar surface area (TPSA) is 66.9 Å². The highest BCUT2D eigenvalue weighted by Crippen LogP contribution is 2.21. The van der Waals surface area contributed by atoms with Crippen molar-refractivity contribution < 1.29 is 22.3 Å². The van der Waals surface area contributed by atoms with E-state index in [0.29, 0.717) is 31.0 Å². The number of benzene rings is 2. The lowest BCUT2D eigenvalue weighted by Gasteiger charge is -2.34. The molecule has 2 aromatic carbocycles. The third-order valence-corrected chi connectivity index (χ3v) is 6.52. The molecule has 0 spiro atoms. The maximum Gasteiger partial charge on any atom is 0.243 e. The van der Waals surface area contributed by atoms with E-state index in [-0.39, 0.29) is 36.1 Å². The van der Waals surface area contributed by atoms with Crippen LogP contribution in [0, 0.1) is 5.82 Å². The maximum absolute atomic E-state index is 13.3. The Labute approximate surface area is 164 Å². The predicted molar refractivity (Wildman–Crippen MR) is 103 cm³/mol. The van der Waals surface area contributed by atoms with E-state index in [1.807, 2.05) is 6.92 Å². The Kier molecular flexibility index (Phi) is 6.31. The smallest absolute Gasteiger partial charge is 0.243 e. The van der Waals surface area contributed by atoms with Crippen LogP contribution < -0.4 is 4.74 Å². The minimum atomic E-state index is -3.62. The summed E-state index contributed by atoms with van der Waals surface area (Å²) in [5.41, 5.74) is 0.606. The molecule has 0 radical (unpaired) electrons. The molecule has 1 fully saturated rings. The molecule has 0 aromatic heterocycles. The van der Waals surface area contributed by atoms with Crippen LogP contribution in [0.15, 0.2) is 53.4 Å². The zero-order valence-corrected chi connectivity index (χ0v) is 16.5. The summed E-state index contributed by atoms with van der Waals surface area (Å²) in [6.45, 7) is 3.45. The van der Waals surface area contributed by atoms with Gasteiger partial charge in [0, 0.05) is 26.2 Å². The van der Waals surface area contributed by atoms with E-state index in [2.05, 4.69) is 0 Å². The molecular weight excluding hydrogens is 383 g/mol. The van der Waals surface area contributed by atoms with Gasteiger partial charge in [-0.2, -0.15) is 4.31 Å². The average Bonchev–Trinajstić information content (AvgIpc) is 2.69. The number of halogens is 1. The molecule has 0 atom stereocenters. The fourth-order valence-corrected chi connectivity index (χ4v) is 4.56. The van der Waals surface area contributed by atoms with Gasteiger partial charge in [-0.3, -0.25) is 4.79 Å². The van der Waals surface area contributed by atoms with Gasteiger partial charge in [0.25, 0.3) is 0 Å². The molecule has 0 bridgehead atoms. The maximum atomic E-state index is 13.3. The van der Waals surface area contributed by atoms with Crippen LogP contribution in [0.4, 0.5) is 4.39 Å². The Bertz CT molecular complexity index is 923. The second-order valence-electron chi connectivity index (χ2n) is 6.50. The second-order valence-corrected chi connectivity index (χ2v) is 8.43. The van der Waals surface area contributed by atoms with E-state index in [4.69, 9.17) is 4.74 Å². The zero-order chi connectivity index (χ0) is 20.1. The van der Waals surface area contributed by atoms with Crippen LogP contribution in [-0.2, 0) is 21.2 Å². The zero-order valence-electron chi connectivity index (χ0n) is 15.7. The van der Waals surface area contributed by atoms with Crippen LogP contribution >= 0.6 is 0 Å². The van der Waals surface area contributed by atoms with Crippen molar-refractivity contribution in [1.82, 2.24) is 9.21 Å². The van der Waals surface area contributed by atoms with Crippen molar-refractivity contribution in [1.29, 1.82) is 0 Å². The molecule has 28 heavy (non-hydrogen) atoms. The van der Waals surface area contributed by atoms with Gasteiger partial charge in [-0.05, 0) is 48.9 Å². The minimum absolute atomic E-state index is 0.101. The van der Waals surface area contributed by atoms with Crippen molar-refractivity contribution in [3.63, 3.8) is 0 Å². The molecule has 3 rings (SSSR count). The molecule has 1 saturated heterocycles. The quantitative estimate of drug-likeness (QED) is 0.738. The standard InChI is InChI=1S/C20H23FN2O4S/c1-2-27-18-6-8-19(9-7-18)28(25,26)23-12-10-22(11-13-23)20(24)15-16-4-3-5-17(21)14-16/h3-9,14H,2,10-13,15H2,1H3. The van der Waals surface area contributed by atoms with Crippen molar-refractivity contribution in [2.24, 2.45) is 0 Å². The number of piperazine rings is 1. The number of amides is 1. The largest absolute Gasteiger partial charge is 0.494 e. The first-order valence-electron chi connectivity index (χ1n) is 9.15. The number of nitrogens with zero attached hydrogens (tertiary/aromatic N) is 2. The molecule has 6 nitrogen and oxygen atoms in total. The highest BCUT2D eigenvalue weighted by molar-refractivity contribution is 7.89. The first kappa shape index (κ1) is 20.3. The number of sulfonamides is 1. The van der Waals surface area contributed by atoms with E-state index in [9.17, 15) is 17.6 Å². The Balaban J connectivity index is 1.60. The monoisotopic (exact) mass is 406 g/mol. The van der Waals surface area contributed by atoms with E-state index in [1.165, 1.54) is 28.6 Å². The summed E-state index contributed by atoms with van der Waals surface area (Å²) in [5, 5.41) is 0. The highest BCUT2D eigenvalue weighted by Gasteiger charge is 2.30. The lowest BCUT2D eigenvalue weighted by atomic mass is 10.1. The molecule has 1 aliphatic heterocycles. The van der Waals surface area contributed by atoms with Crippen LogP contribution in [0.25, 0.3) is 0 Å². The van der Waals surface area contributed by atoms with Gasteiger partial charge < -0.3 is 9.64 Å². The van der Waals surface area contributed by atoms with Gasteiger partial charge in [0.05, 0.1) is 17.9 Å². The average molecular weight is 406 g/mol. The SMILES string of the molecule is CCOc1ccc(S(=O)(=O)N2CCN(C(=O)Cc3cccc(F)c3)CC2)cc1. The predicted octanol–water partition coefficient (Wildman–Crippen LogP) is 2.30. The third kappa shape index (κ3) is 4.69. The van der Waals surface area contributed by atoms with Crippen molar-refractivity contribution >= 4 is 15.9 Å². The van der Waals surface area contributed by atoms with E-state index in [1.54, 1.807) is 29.2 Å². The number of ether oxygens (including phenoxy) is 1. The third-order valence-electron chi connectivity index (χ3n) is 4.61. The fraction of sp³-hybridized carbons (Fsp3) is 0.350. The molecule has 150 valence electrons. The van der Waals surface area contributed by atoms with Gasteiger partial charge in [0.1, 0.15) is 11.6 Å². The van der Waals surface area contributed by atoms with E-state index in [0.717, 1.165) is 0 Å². The summed E-state index contributed by atoms with van der Waals surface area (Å²) in [6.07, 6.45) is 0.101. The number of carbonyl (C=O) groups excluding carboxylic acids is 1. The van der Waals surface area contributed by atoms with Crippen LogP contribution in [0.2, 0.25) is 0 Å². The Morgan fingerprint density at radius 1 is 1.07 bits per heavy atom. The van der Waals surface area contributed by atoms with Crippen molar-refractivity contribution in [3.05, 3.63) is 59.9 Å². The first-order valence-corrected chi connectivity index (χ1v) is 10.6. The Morgan fingerprint density at radius 2 is 1.75 bits per heavy atom. The van der Waals surface area contributed by atoms with Crippen molar-refractivity contribution in [2.45, 2.75) is 18.2 Å². The molecule has 8 heteroatoms. The van der Waals surface area contributed by atoms with Gasteiger partial charge in [0.2, 0.25) is 15.9 Å². The minimum Gasteiger partial charge on any atom is -0.494 e. The Hall–Kier alpha value is -2.45. The van der Waals surface area contributed by atoms with Gasteiger partial charge in [-0.25, -0.2) is 12.8 Å². The summed E-state index contributed by atoms with van der Waals surface area (Å²) in [5.74, 6) is 0.106. The molecule has 0 saturated carbocycles. The summed E-state index contributed by atoms with van der Waals surface area (Å²) < 4.78 is 45.6. The van der Waals surface area contributed by atoms with Gasteiger partial charge >= 0.3 is 0 Å². The van der Waals surface area contributed by atoms with Crippen LogP contribution in [0.3, 0.4) is 0 Å². The number of hydrogen-bond acceptors (Lipinski definition) is 4. The summed E-state index contributed by atoms with van der Waals surface area (Å²) in [7, 11) is -3.62. The fourth-order valence-electron chi connectivity index (χ4n) is 3.13. The van der Waals surface area contributed by atoms with Crippen molar-refractivity contribution in [3.8, 4) is 5.75 Å². The van der Waals surface area contributed by atoms with Gasteiger partial charge in [-0.1, -0.05) is 12.1 Å². The molecule has 0 aliphatic carbocycles.